The quantitative estimate of drug-likeness (QED) is 0.785. The van der Waals surface area contributed by atoms with Crippen molar-refractivity contribution in [2.45, 2.75) is 51.7 Å². The average Bonchev–Trinajstić information content (AvgIpc) is 2.58. The van der Waals surface area contributed by atoms with Gasteiger partial charge in [-0.15, -0.1) is 0 Å². The van der Waals surface area contributed by atoms with E-state index in [1.54, 1.807) is 27.7 Å². The highest BCUT2D eigenvalue weighted by molar-refractivity contribution is 5.72. The number of carbonyl (C=O) groups excluding carboxylic acids is 2. The van der Waals surface area contributed by atoms with Crippen molar-refractivity contribution in [1.29, 1.82) is 0 Å². The van der Waals surface area contributed by atoms with Crippen LogP contribution >= 0.6 is 0 Å². The number of aliphatic hydroxyl groups is 1. The van der Waals surface area contributed by atoms with E-state index >= 15 is 0 Å². The van der Waals surface area contributed by atoms with Gasteiger partial charge < -0.3 is 19.5 Å². The van der Waals surface area contributed by atoms with Crippen molar-refractivity contribution in [2.75, 3.05) is 19.7 Å². The summed E-state index contributed by atoms with van der Waals surface area (Å²) in [6.45, 7) is 7.82. The second-order valence-electron chi connectivity index (χ2n) is 5.86. The number of rotatable bonds is 3. The third kappa shape index (κ3) is 5.06. The van der Waals surface area contributed by atoms with Crippen molar-refractivity contribution in [1.82, 2.24) is 4.90 Å². The summed E-state index contributed by atoms with van der Waals surface area (Å²) in [5.74, 6) is -0.448. The van der Waals surface area contributed by atoms with Gasteiger partial charge in [0.05, 0.1) is 25.2 Å². The summed E-state index contributed by atoms with van der Waals surface area (Å²) in [4.78, 5) is 24.7. The fraction of sp³-hybridized carbons (Fsp3) is 0.846. The standard InChI is InChI=1S/C13H23NO5/c1-5-18-10(15)8-13(17)6-7-14(9-13)11(16)19-12(2,3)4/h17H,5-9H2,1-4H3. The average molecular weight is 273 g/mol. The summed E-state index contributed by atoms with van der Waals surface area (Å²) >= 11 is 0. The normalized spacial score (nSPS) is 23.3. The second kappa shape index (κ2) is 5.77. The number of esters is 1. The summed E-state index contributed by atoms with van der Waals surface area (Å²) in [5, 5.41) is 10.3. The lowest BCUT2D eigenvalue weighted by molar-refractivity contribution is -0.148. The maximum atomic E-state index is 11.8. The minimum Gasteiger partial charge on any atom is -0.466 e. The number of ether oxygens (including phenoxy) is 2. The van der Waals surface area contributed by atoms with Crippen molar-refractivity contribution >= 4 is 12.1 Å². The van der Waals surface area contributed by atoms with Crippen LogP contribution < -0.4 is 0 Å². The Labute approximate surface area is 113 Å². The van der Waals surface area contributed by atoms with Crippen LogP contribution in [0.4, 0.5) is 4.79 Å². The van der Waals surface area contributed by atoms with E-state index < -0.39 is 23.3 Å². The van der Waals surface area contributed by atoms with Gasteiger partial charge in [-0.25, -0.2) is 4.79 Å². The fourth-order valence-electron chi connectivity index (χ4n) is 1.96. The second-order valence-corrected chi connectivity index (χ2v) is 5.86. The zero-order valence-corrected chi connectivity index (χ0v) is 12.1. The van der Waals surface area contributed by atoms with E-state index in [1.807, 2.05) is 0 Å². The van der Waals surface area contributed by atoms with Crippen LogP contribution in [-0.4, -0.2) is 53.0 Å². The van der Waals surface area contributed by atoms with E-state index in [-0.39, 0.29) is 19.6 Å². The summed E-state index contributed by atoms with van der Waals surface area (Å²) in [6.07, 6.45) is -0.210. The summed E-state index contributed by atoms with van der Waals surface area (Å²) in [6, 6.07) is 0. The van der Waals surface area contributed by atoms with Gasteiger partial charge in [-0.3, -0.25) is 4.79 Å². The third-order valence-corrected chi connectivity index (χ3v) is 2.76. The van der Waals surface area contributed by atoms with Gasteiger partial charge in [0, 0.05) is 6.54 Å². The topological polar surface area (TPSA) is 76.1 Å². The zero-order valence-electron chi connectivity index (χ0n) is 12.1. The Hall–Kier alpha value is -1.30. The highest BCUT2D eigenvalue weighted by Gasteiger charge is 2.41. The number of amides is 1. The molecule has 0 saturated carbocycles. The maximum absolute atomic E-state index is 11.8. The molecule has 110 valence electrons. The van der Waals surface area contributed by atoms with Gasteiger partial charge in [-0.2, -0.15) is 0 Å². The number of likely N-dealkylation sites (tertiary alicyclic amines) is 1. The summed E-state index contributed by atoms with van der Waals surface area (Å²) in [5.41, 5.74) is -1.78. The molecule has 1 rings (SSSR count). The first-order valence-electron chi connectivity index (χ1n) is 6.51. The highest BCUT2D eigenvalue weighted by Crippen LogP contribution is 2.26. The van der Waals surface area contributed by atoms with Gasteiger partial charge in [0.25, 0.3) is 0 Å². The Morgan fingerprint density at radius 1 is 1.37 bits per heavy atom. The van der Waals surface area contributed by atoms with Crippen molar-refractivity contribution < 1.29 is 24.2 Å². The van der Waals surface area contributed by atoms with Crippen molar-refractivity contribution in [3.8, 4) is 0 Å². The molecule has 19 heavy (non-hydrogen) atoms. The smallest absolute Gasteiger partial charge is 0.410 e. The molecule has 0 aromatic carbocycles. The molecule has 1 aliphatic rings. The molecule has 1 N–H and O–H groups in total. The fourth-order valence-corrected chi connectivity index (χ4v) is 1.96. The molecule has 0 spiro atoms. The molecule has 0 aromatic rings. The van der Waals surface area contributed by atoms with Crippen LogP contribution in [0.1, 0.15) is 40.5 Å². The van der Waals surface area contributed by atoms with Gasteiger partial charge in [0.2, 0.25) is 0 Å². The first-order valence-corrected chi connectivity index (χ1v) is 6.51. The van der Waals surface area contributed by atoms with E-state index in [0.29, 0.717) is 13.0 Å². The molecular formula is C13H23NO5. The van der Waals surface area contributed by atoms with Crippen LogP contribution in [-0.2, 0) is 14.3 Å². The predicted octanol–water partition coefficient (Wildman–Crippen LogP) is 1.31. The highest BCUT2D eigenvalue weighted by atomic mass is 16.6. The minimum atomic E-state index is -1.21. The number of carbonyl (C=O) groups is 2. The molecular weight excluding hydrogens is 250 g/mol. The van der Waals surface area contributed by atoms with Crippen LogP contribution in [0.15, 0.2) is 0 Å². The molecule has 1 saturated heterocycles. The van der Waals surface area contributed by atoms with E-state index in [2.05, 4.69) is 0 Å². The van der Waals surface area contributed by atoms with Gasteiger partial charge in [-0.1, -0.05) is 0 Å². The lowest BCUT2D eigenvalue weighted by Crippen LogP contribution is -2.40. The van der Waals surface area contributed by atoms with Crippen molar-refractivity contribution in [2.24, 2.45) is 0 Å². The lowest BCUT2D eigenvalue weighted by atomic mass is 9.99. The Kier molecular flexibility index (Phi) is 4.79. The maximum Gasteiger partial charge on any atom is 0.410 e. The Morgan fingerprint density at radius 2 is 2.00 bits per heavy atom. The number of hydrogen-bond acceptors (Lipinski definition) is 5. The van der Waals surface area contributed by atoms with Crippen molar-refractivity contribution in [3.05, 3.63) is 0 Å². The van der Waals surface area contributed by atoms with Crippen LogP contribution in [0.2, 0.25) is 0 Å². The first kappa shape index (κ1) is 15.8. The molecule has 6 heteroatoms. The number of β-amino-alcohol motifs (C(OH)–C–C–N with tert-alkyl or cyclic N) is 1. The zero-order chi connectivity index (χ0) is 14.7. The molecule has 0 bridgehead atoms. The lowest BCUT2D eigenvalue weighted by Gasteiger charge is -2.26. The molecule has 1 unspecified atom stereocenters. The monoisotopic (exact) mass is 273 g/mol. The molecule has 1 aliphatic heterocycles. The van der Waals surface area contributed by atoms with E-state index in [1.165, 1.54) is 4.90 Å². The van der Waals surface area contributed by atoms with E-state index in [4.69, 9.17) is 9.47 Å². The molecule has 1 heterocycles. The van der Waals surface area contributed by atoms with Gasteiger partial charge >= 0.3 is 12.1 Å². The van der Waals surface area contributed by atoms with Gasteiger partial charge in [0.15, 0.2) is 0 Å². The molecule has 1 atom stereocenters. The van der Waals surface area contributed by atoms with Crippen LogP contribution in [0, 0.1) is 0 Å². The number of hydrogen-bond donors (Lipinski definition) is 1. The third-order valence-electron chi connectivity index (χ3n) is 2.76. The Morgan fingerprint density at radius 3 is 2.53 bits per heavy atom. The minimum absolute atomic E-state index is 0.0971. The predicted molar refractivity (Wildman–Crippen MR) is 68.6 cm³/mol. The van der Waals surface area contributed by atoms with E-state index in [9.17, 15) is 14.7 Å². The molecule has 0 aliphatic carbocycles. The molecule has 0 aromatic heterocycles. The van der Waals surface area contributed by atoms with Gasteiger partial charge in [-0.05, 0) is 34.1 Å². The SMILES string of the molecule is CCOC(=O)CC1(O)CCN(C(=O)OC(C)(C)C)C1. The Bertz CT molecular complexity index is 349. The molecule has 1 amide bonds. The van der Waals surface area contributed by atoms with Crippen LogP contribution in [0.5, 0.6) is 0 Å². The molecule has 1 fully saturated rings. The van der Waals surface area contributed by atoms with Crippen LogP contribution in [0.25, 0.3) is 0 Å². The molecule has 6 nitrogen and oxygen atoms in total. The Balaban J connectivity index is 2.52. The van der Waals surface area contributed by atoms with Gasteiger partial charge in [0.1, 0.15) is 5.60 Å². The van der Waals surface area contributed by atoms with Crippen molar-refractivity contribution in [3.63, 3.8) is 0 Å². The number of nitrogens with zero attached hydrogens (tertiary/aromatic N) is 1. The van der Waals surface area contributed by atoms with E-state index in [0.717, 1.165) is 0 Å². The summed E-state index contributed by atoms with van der Waals surface area (Å²) in [7, 11) is 0. The molecule has 0 radical (unpaired) electrons. The first-order chi connectivity index (χ1) is 8.65. The summed E-state index contributed by atoms with van der Waals surface area (Å²) < 4.78 is 10.0. The largest absolute Gasteiger partial charge is 0.466 e. The van der Waals surface area contributed by atoms with Crippen LogP contribution in [0.3, 0.4) is 0 Å².